The lowest BCUT2D eigenvalue weighted by atomic mass is 10.1. The number of fused-ring (bicyclic) bond motifs is 1. The number of hydrogen-bond donors (Lipinski definition) is 0. The highest BCUT2D eigenvalue weighted by atomic mass is 16.5. The van der Waals surface area contributed by atoms with Gasteiger partial charge in [0.2, 0.25) is 0 Å². The minimum atomic E-state index is -0.0367. The lowest BCUT2D eigenvalue weighted by Gasteiger charge is -2.24. The second-order valence-corrected chi connectivity index (χ2v) is 5.65. The molecule has 7 heteroatoms. The van der Waals surface area contributed by atoms with E-state index in [2.05, 4.69) is 15.2 Å². The van der Waals surface area contributed by atoms with E-state index in [9.17, 15) is 0 Å². The first-order valence-corrected chi connectivity index (χ1v) is 7.94. The second-order valence-electron chi connectivity index (χ2n) is 5.65. The summed E-state index contributed by atoms with van der Waals surface area (Å²) in [7, 11) is 0. The van der Waals surface area contributed by atoms with Crippen molar-refractivity contribution in [3.05, 3.63) is 47.4 Å². The van der Waals surface area contributed by atoms with Crippen LogP contribution in [-0.4, -0.2) is 26.5 Å². The monoisotopic (exact) mass is 326 g/mol. The molecular weight excluding hydrogens is 308 g/mol. The summed E-state index contributed by atoms with van der Waals surface area (Å²) < 4.78 is 18.6. The van der Waals surface area contributed by atoms with Gasteiger partial charge in [0, 0.05) is 0 Å². The van der Waals surface area contributed by atoms with E-state index in [4.69, 9.17) is 14.0 Å². The van der Waals surface area contributed by atoms with Crippen LogP contribution in [0.3, 0.4) is 0 Å². The van der Waals surface area contributed by atoms with E-state index in [0.29, 0.717) is 37.2 Å². The quantitative estimate of drug-likeness (QED) is 0.734. The van der Waals surface area contributed by atoms with E-state index in [0.717, 1.165) is 17.0 Å². The Labute approximate surface area is 139 Å². The van der Waals surface area contributed by atoms with Crippen molar-refractivity contribution in [2.45, 2.75) is 33.1 Å². The molecule has 0 saturated heterocycles. The van der Waals surface area contributed by atoms with Crippen LogP contribution in [0.4, 0.5) is 0 Å². The van der Waals surface area contributed by atoms with Crippen molar-refractivity contribution in [3.63, 3.8) is 0 Å². The Morgan fingerprint density at radius 1 is 1.29 bits per heavy atom. The molecule has 0 saturated carbocycles. The van der Waals surface area contributed by atoms with E-state index in [-0.39, 0.29) is 6.10 Å². The Morgan fingerprint density at radius 2 is 2.12 bits per heavy atom. The maximum atomic E-state index is 5.98. The molecule has 0 aliphatic carbocycles. The van der Waals surface area contributed by atoms with Gasteiger partial charge >= 0.3 is 0 Å². The van der Waals surface area contributed by atoms with E-state index < -0.39 is 0 Å². The molecule has 0 fully saturated rings. The molecule has 1 atom stereocenters. The highest BCUT2D eigenvalue weighted by molar-refractivity contribution is 5.47. The molecule has 0 amide bonds. The van der Waals surface area contributed by atoms with E-state index in [1.807, 2.05) is 41.9 Å². The Morgan fingerprint density at radius 3 is 2.83 bits per heavy atom. The van der Waals surface area contributed by atoms with Crippen molar-refractivity contribution in [2.75, 3.05) is 6.61 Å². The van der Waals surface area contributed by atoms with Crippen LogP contribution in [0.5, 0.6) is 5.75 Å². The average molecular weight is 326 g/mol. The fourth-order valence-electron chi connectivity index (χ4n) is 2.78. The molecule has 0 bridgehead atoms. The van der Waals surface area contributed by atoms with Crippen LogP contribution in [-0.2, 0) is 17.9 Å². The average Bonchev–Trinajstić information content (AvgIpc) is 3.21. The highest BCUT2D eigenvalue weighted by Gasteiger charge is 2.24. The van der Waals surface area contributed by atoms with Crippen LogP contribution in [0.2, 0.25) is 0 Å². The largest absolute Gasteiger partial charge is 0.494 e. The molecular formula is C17H18N4O3. The van der Waals surface area contributed by atoms with Crippen LogP contribution in [0.25, 0.3) is 11.6 Å². The second kappa shape index (κ2) is 6.09. The number of ether oxygens (including phenoxy) is 2. The fourth-order valence-corrected chi connectivity index (χ4v) is 2.78. The summed E-state index contributed by atoms with van der Waals surface area (Å²) in [6, 6.07) is 9.93. The number of benzene rings is 1. The summed E-state index contributed by atoms with van der Waals surface area (Å²) in [5.74, 6) is 1.90. The molecule has 4 rings (SSSR count). The third kappa shape index (κ3) is 2.78. The lowest BCUT2D eigenvalue weighted by molar-refractivity contribution is -0.00115. The Hall–Kier alpha value is -2.67. The molecule has 1 aliphatic heterocycles. The van der Waals surface area contributed by atoms with Crippen LogP contribution in [0.1, 0.15) is 30.1 Å². The summed E-state index contributed by atoms with van der Waals surface area (Å²) in [4.78, 5) is 4.22. The van der Waals surface area contributed by atoms with E-state index in [1.165, 1.54) is 0 Å². The molecule has 3 aromatic rings. The number of hydrogen-bond acceptors (Lipinski definition) is 6. The van der Waals surface area contributed by atoms with Crippen LogP contribution in [0, 0.1) is 6.92 Å². The van der Waals surface area contributed by atoms with Crippen LogP contribution in [0.15, 0.2) is 34.9 Å². The van der Waals surface area contributed by atoms with Crippen molar-refractivity contribution < 1.29 is 14.0 Å². The number of aryl methyl sites for hydroxylation is 1. The van der Waals surface area contributed by atoms with Gasteiger partial charge in [-0.2, -0.15) is 10.1 Å². The Kier molecular flexibility index (Phi) is 3.78. The Balaban J connectivity index is 1.54. The van der Waals surface area contributed by atoms with Gasteiger partial charge in [-0.1, -0.05) is 17.3 Å². The number of aromatic nitrogens is 4. The summed E-state index contributed by atoms with van der Waals surface area (Å²) in [5.41, 5.74) is 2.79. The van der Waals surface area contributed by atoms with Crippen molar-refractivity contribution in [2.24, 2.45) is 0 Å². The standard InChI is InChI=1S/C17H18N4O3/c1-3-22-14-6-4-12(5-7-14)16-9-21-13(10-23-16)8-15(19-21)17-18-11(2)20-24-17/h4-8,16H,3,9-10H2,1-2H3/t16-/m1/s1. The number of rotatable bonds is 4. The summed E-state index contributed by atoms with van der Waals surface area (Å²) in [6.07, 6.45) is -0.0367. The zero-order valence-electron chi connectivity index (χ0n) is 13.6. The normalized spacial score (nSPS) is 16.8. The first-order chi connectivity index (χ1) is 11.7. The van der Waals surface area contributed by atoms with Crippen LogP contribution < -0.4 is 4.74 Å². The third-order valence-electron chi connectivity index (χ3n) is 3.94. The van der Waals surface area contributed by atoms with Crippen molar-refractivity contribution >= 4 is 0 Å². The molecule has 2 aromatic heterocycles. The fraction of sp³-hybridized carbons (Fsp3) is 0.353. The smallest absolute Gasteiger partial charge is 0.278 e. The van der Waals surface area contributed by atoms with Gasteiger partial charge in [-0.15, -0.1) is 0 Å². The SMILES string of the molecule is CCOc1ccc([C@H]2Cn3nc(-c4nc(C)no4)cc3CO2)cc1. The maximum absolute atomic E-state index is 5.98. The zero-order chi connectivity index (χ0) is 16.5. The van der Waals surface area contributed by atoms with Gasteiger partial charge in [0.1, 0.15) is 11.9 Å². The van der Waals surface area contributed by atoms with Crippen molar-refractivity contribution in [1.82, 2.24) is 19.9 Å². The van der Waals surface area contributed by atoms with E-state index >= 15 is 0 Å². The highest BCUT2D eigenvalue weighted by Crippen LogP contribution is 2.29. The lowest BCUT2D eigenvalue weighted by Crippen LogP contribution is -2.21. The Bertz CT molecular complexity index is 838. The third-order valence-corrected chi connectivity index (χ3v) is 3.94. The molecule has 1 aromatic carbocycles. The topological polar surface area (TPSA) is 75.2 Å². The minimum Gasteiger partial charge on any atom is -0.494 e. The van der Waals surface area contributed by atoms with Crippen LogP contribution >= 0.6 is 0 Å². The number of nitrogens with zero attached hydrogens (tertiary/aromatic N) is 4. The molecule has 3 heterocycles. The molecule has 7 nitrogen and oxygen atoms in total. The van der Waals surface area contributed by atoms with Gasteiger partial charge in [-0.25, -0.2) is 0 Å². The predicted octanol–water partition coefficient (Wildman–Crippen LogP) is 2.91. The first-order valence-electron chi connectivity index (χ1n) is 7.94. The zero-order valence-corrected chi connectivity index (χ0v) is 13.6. The summed E-state index contributed by atoms with van der Waals surface area (Å²) in [6.45, 7) is 5.57. The summed E-state index contributed by atoms with van der Waals surface area (Å²) >= 11 is 0. The van der Waals surface area contributed by atoms with Gasteiger partial charge in [0.05, 0.1) is 25.5 Å². The van der Waals surface area contributed by atoms with Gasteiger partial charge < -0.3 is 14.0 Å². The van der Waals surface area contributed by atoms with Crippen molar-refractivity contribution in [1.29, 1.82) is 0 Å². The predicted molar refractivity (Wildman–Crippen MR) is 85.4 cm³/mol. The maximum Gasteiger partial charge on any atom is 0.278 e. The van der Waals surface area contributed by atoms with Gasteiger partial charge in [0.25, 0.3) is 5.89 Å². The molecule has 0 radical (unpaired) electrons. The minimum absolute atomic E-state index is 0.0367. The van der Waals surface area contributed by atoms with Crippen molar-refractivity contribution in [3.8, 4) is 17.3 Å². The van der Waals surface area contributed by atoms with Gasteiger partial charge in [0.15, 0.2) is 11.5 Å². The molecule has 0 unspecified atom stereocenters. The molecule has 0 N–H and O–H groups in total. The molecule has 24 heavy (non-hydrogen) atoms. The van der Waals surface area contributed by atoms with E-state index in [1.54, 1.807) is 6.92 Å². The molecule has 124 valence electrons. The summed E-state index contributed by atoms with van der Waals surface area (Å²) in [5, 5.41) is 8.38. The van der Waals surface area contributed by atoms with Gasteiger partial charge in [-0.3, -0.25) is 4.68 Å². The van der Waals surface area contributed by atoms with Gasteiger partial charge in [-0.05, 0) is 37.6 Å². The molecule has 0 spiro atoms. The molecule has 1 aliphatic rings. The first kappa shape index (κ1) is 14.9.